The SMILES string of the molecule is O=C(Nc1ccccc1Br)C1CCN(c2ncccn2)CC1. The van der Waals surface area contributed by atoms with Gasteiger partial charge in [0.2, 0.25) is 11.9 Å². The van der Waals surface area contributed by atoms with Crippen molar-refractivity contribution in [3.05, 3.63) is 47.2 Å². The third-order valence-corrected chi connectivity index (χ3v) is 4.52. The first kappa shape index (κ1) is 15.0. The first-order valence-corrected chi connectivity index (χ1v) is 8.10. The molecular formula is C16H17BrN4O. The van der Waals surface area contributed by atoms with Gasteiger partial charge in [-0.15, -0.1) is 0 Å². The van der Waals surface area contributed by atoms with E-state index in [-0.39, 0.29) is 11.8 Å². The molecule has 0 saturated carbocycles. The van der Waals surface area contributed by atoms with Crippen molar-refractivity contribution in [2.45, 2.75) is 12.8 Å². The topological polar surface area (TPSA) is 58.1 Å². The van der Waals surface area contributed by atoms with E-state index in [2.05, 4.69) is 36.1 Å². The van der Waals surface area contributed by atoms with Crippen LogP contribution in [-0.2, 0) is 4.79 Å². The van der Waals surface area contributed by atoms with E-state index < -0.39 is 0 Å². The van der Waals surface area contributed by atoms with Crippen molar-refractivity contribution in [1.29, 1.82) is 0 Å². The predicted octanol–water partition coefficient (Wildman–Crippen LogP) is 3.09. The lowest BCUT2D eigenvalue weighted by atomic mass is 9.96. The Morgan fingerprint density at radius 1 is 1.14 bits per heavy atom. The number of hydrogen-bond acceptors (Lipinski definition) is 4. The van der Waals surface area contributed by atoms with Crippen LogP contribution in [0.5, 0.6) is 0 Å². The van der Waals surface area contributed by atoms with E-state index in [4.69, 9.17) is 0 Å². The molecule has 1 aromatic carbocycles. The van der Waals surface area contributed by atoms with Gasteiger partial charge in [-0.05, 0) is 47.0 Å². The molecule has 5 nitrogen and oxygen atoms in total. The van der Waals surface area contributed by atoms with Gasteiger partial charge in [0.05, 0.1) is 5.69 Å². The van der Waals surface area contributed by atoms with Crippen molar-refractivity contribution >= 4 is 33.5 Å². The molecule has 6 heteroatoms. The standard InChI is InChI=1S/C16H17BrN4O/c17-13-4-1-2-5-14(13)20-15(22)12-6-10-21(11-7-12)16-18-8-3-9-19-16/h1-5,8-9,12H,6-7,10-11H2,(H,20,22). The quantitative estimate of drug-likeness (QED) is 0.913. The molecule has 114 valence electrons. The number of benzene rings is 1. The minimum absolute atomic E-state index is 0.0343. The fraction of sp³-hybridized carbons (Fsp3) is 0.312. The smallest absolute Gasteiger partial charge is 0.227 e. The first-order valence-electron chi connectivity index (χ1n) is 7.31. The van der Waals surface area contributed by atoms with Gasteiger partial charge in [-0.1, -0.05) is 12.1 Å². The lowest BCUT2D eigenvalue weighted by molar-refractivity contribution is -0.120. The van der Waals surface area contributed by atoms with E-state index in [1.807, 2.05) is 24.3 Å². The van der Waals surface area contributed by atoms with Crippen molar-refractivity contribution in [2.75, 3.05) is 23.3 Å². The van der Waals surface area contributed by atoms with Gasteiger partial charge < -0.3 is 10.2 Å². The first-order chi connectivity index (χ1) is 10.7. The van der Waals surface area contributed by atoms with Crippen molar-refractivity contribution in [3.63, 3.8) is 0 Å². The normalized spacial score (nSPS) is 15.6. The average molecular weight is 361 g/mol. The Hall–Kier alpha value is -1.95. The zero-order valence-electron chi connectivity index (χ0n) is 12.1. The molecule has 0 radical (unpaired) electrons. The molecule has 0 spiro atoms. The highest BCUT2D eigenvalue weighted by molar-refractivity contribution is 9.10. The van der Waals surface area contributed by atoms with Crippen molar-refractivity contribution < 1.29 is 4.79 Å². The van der Waals surface area contributed by atoms with Gasteiger partial charge in [0.25, 0.3) is 0 Å². The molecule has 1 N–H and O–H groups in total. The Bertz CT molecular complexity index is 642. The van der Waals surface area contributed by atoms with Crippen molar-refractivity contribution in [3.8, 4) is 0 Å². The summed E-state index contributed by atoms with van der Waals surface area (Å²) in [5.74, 6) is 0.861. The lowest BCUT2D eigenvalue weighted by Gasteiger charge is -2.31. The second kappa shape index (κ2) is 6.87. The van der Waals surface area contributed by atoms with Gasteiger partial charge >= 0.3 is 0 Å². The summed E-state index contributed by atoms with van der Waals surface area (Å²) >= 11 is 3.45. The van der Waals surface area contributed by atoms with Crippen LogP contribution in [0.3, 0.4) is 0 Å². The summed E-state index contributed by atoms with van der Waals surface area (Å²) in [4.78, 5) is 23.0. The minimum Gasteiger partial charge on any atom is -0.341 e. The molecule has 1 aromatic heterocycles. The maximum Gasteiger partial charge on any atom is 0.227 e. The molecule has 2 aromatic rings. The third kappa shape index (κ3) is 3.44. The Morgan fingerprint density at radius 2 is 1.82 bits per heavy atom. The number of nitrogens with one attached hydrogen (secondary N) is 1. The summed E-state index contributed by atoms with van der Waals surface area (Å²) in [5.41, 5.74) is 0.821. The summed E-state index contributed by atoms with van der Waals surface area (Å²) < 4.78 is 0.901. The molecule has 1 fully saturated rings. The number of carbonyl (C=O) groups excluding carboxylic acids is 1. The number of amides is 1. The molecule has 0 bridgehead atoms. The number of anilines is 2. The fourth-order valence-electron chi connectivity index (χ4n) is 2.59. The molecule has 1 amide bonds. The number of para-hydroxylation sites is 1. The molecule has 1 aliphatic rings. The van der Waals surface area contributed by atoms with Crippen LogP contribution in [0.15, 0.2) is 47.2 Å². The Morgan fingerprint density at radius 3 is 2.50 bits per heavy atom. The second-order valence-electron chi connectivity index (χ2n) is 5.28. The molecule has 0 atom stereocenters. The van der Waals surface area contributed by atoms with E-state index in [1.165, 1.54) is 0 Å². The van der Waals surface area contributed by atoms with Crippen LogP contribution < -0.4 is 10.2 Å². The van der Waals surface area contributed by atoms with Gasteiger partial charge in [-0.3, -0.25) is 4.79 Å². The number of aromatic nitrogens is 2. The predicted molar refractivity (Wildman–Crippen MR) is 89.7 cm³/mol. The van der Waals surface area contributed by atoms with Crippen LogP contribution in [0.25, 0.3) is 0 Å². The highest BCUT2D eigenvalue weighted by Gasteiger charge is 2.26. The Kier molecular flexibility index (Phi) is 4.68. The maximum absolute atomic E-state index is 12.4. The molecule has 0 unspecified atom stereocenters. The van der Waals surface area contributed by atoms with Gasteiger partial charge in [0.15, 0.2) is 0 Å². The molecular weight excluding hydrogens is 344 g/mol. The van der Waals surface area contributed by atoms with Crippen LogP contribution in [0.2, 0.25) is 0 Å². The van der Waals surface area contributed by atoms with Crippen molar-refractivity contribution in [1.82, 2.24) is 9.97 Å². The van der Waals surface area contributed by atoms with Crippen LogP contribution in [0.1, 0.15) is 12.8 Å². The van der Waals surface area contributed by atoms with Gasteiger partial charge in [0, 0.05) is 35.9 Å². The number of halogens is 1. The zero-order valence-corrected chi connectivity index (χ0v) is 13.7. The molecule has 1 aliphatic heterocycles. The second-order valence-corrected chi connectivity index (χ2v) is 6.13. The summed E-state index contributed by atoms with van der Waals surface area (Å²) in [6.07, 6.45) is 5.12. The Labute approximate surface area is 137 Å². The van der Waals surface area contributed by atoms with Gasteiger partial charge in [-0.2, -0.15) is 0 Å². The van der Waals surface area contributed by atoms with E-state index in [0.717, 1.165) is 42.0 Å². The highest BCUT2D eigenvalue weighted by atomic mass is 79.9. The largest absolute Gasteiger partial charge is 0.341 e. The summed E-state index contributed by atoms with van der Waals surface area (Å²) in [6, 6.07) is 9.47. The van der Waals surface area contributed by atoms with E-state index in [1.54, 1.807) is 18.5 Å². The highest BCUT2D eigenvalue weighted by Crippen LogP contribution is 2.25. The summed E-state index contributed by atoms with van der Waals surface area (Å²) in [7, 11) is 0. The molecule has 0 aliphatic carbocycles. The van der Waals surface area contributed by atoms with Gasteiger partial charge in [-0.25, -0.2) is 9.97 Å². The summed E-state index contributed by atoms with van der Waals surface area (Å²) in [5, 5.41) is 3.00. The van der Waals surface area contributed by atoms with Crippen LogP contribution in [0.4, 0.5) is 11.6 Å². The summed E-state index contributed by atoms with van der Waals surface area (Å²) in [6.45, 7) is 1.61. The van der Waals surface area contributed by atoms with E-state index >= 15 is 0 Å². The van der Waals surface area contributed by atoms with Crippen LogP contribution in [0, 0.1) is 5.92 Å². The van der Waals surface area contributed by atoms with Crippen LogP contribution >= 0.6 is 15.9 Å². The Balaban J connectivity index is 1.57. The molecule has 1 saturated heterocycles. The monoisotopic (exact) mass is 360 g/mol. The van der Waals surface area contributed by atoms with E-state index in [9.17, 15) is 4.79 Å². The fourth-order valence-corrected chi connectivity index (χ4v) is 2.98. The third-order valence-electron chi connectivity index (χ3n) is 3.83. The maximum atomic E-state index is 12.4. The number of hydrogen-bond donors (Lipinski definition) is 1. The van der Waals surface area contributed by atoms with Crippen LogP contribution in [-0.4, -0.2) is 29.0 Å². The molecule has 22 heavy (non-hydrogen) atoms. The van der Waals surface area contributed by atoms with Crippen molar-refractivity contribution in [2.24, 2.45) is 5.92 Å². The van der Waals surface area contributed by atoms with Gasteiger partial charge in [0.1, 0.15) is 0 Å². The van der Waals surface area contributed by atoms with E-state index in [0.29, 0.717) is 0 Å². The zero-order chi connectivity index (χ0) is 15.4. The minimum atomic E-state index is 0.0343. The number of rotatable bonds is 3. The lowest BCUT2D eigenvalue weighted by Crippen LogP contribution is -2.39. The number of carbonyl (C=O) groups is 1. The molecule has 3 rings (SSSR count). The average Bonchev–Trinajstić information content (AvgIpc) is 2.58. The number of piperidine rings is 1. The molecule has 2 heterocycles. The number of nitrogens with zero attached hydrogens (tertiary/aromatic N) is 3.